The molecule has 0 radical (unpaired) electrons. The third kappa shape index (κ3) is 3.09. The second kappa shape index (κ2) is 5.51. The van der Waals surface area contributed by atoms with Crippen molar-refractivity contribution < 1.29 is 9.47 Å². The lowest BCUT2D eigenvalue weighted by Crippen LogP contribution is -2.33. The van der Waals surface area contributed by atoms with Crippen LogP contribution in [0.4, 0.5) is 0 Å². The lowest BCUT2D eigenvalue weighted by molar-refractivity contribution is -0.0604. The van der Waals surface area contributed by atoms with E-state index < -0.39 is 0 Å². The summed E-state index contributed by atoms with van der Waals surface area (Å²) in [6, 6.07) is 0. The van der Waals surface area contributed by atoms with Crippen molar-refractivity contribution in [2.45, 2.75) is 38.4 Å². The Hall–Kier alpha value is -0.120. The van der Waals surface area contributed by atoms with Gasteiger partial charge in [0, 0.05) is 13.2 Å². The molecule has 0 heterocycles. The maximum Gasteiger partial charge on any atom is 0.0930 e. The number of hydrogen-bond acceptors (Lipinski definition) is 3. The first-order valence-electron chi connectivity index (χ1n) is 4.80. The fraction of sp³-hybridized carbons (Fsp3) is 1.00. The average molecular weight is 173 g/mol. The van der Waals surface area contributed by atoms with Crippen LogP contribution in [0.2, 0.25) is 0 Å². The van der Waals surface area contributed by atoms with Gasteiger partial charge in [0.25, 0.3) is 0 Å². The second-order valence-electron chi connectivity index (χ2n) is 3.20. The van der Waals surface area contributed by atoms with Crippen LogP contribution in [0.5, 0.6) is 0 Å². The van der Waals surface area contributed by atoms with Crippen LogP contribution >= 0.6 is 0 Å². The molecule has 0 saturated heterocycles. The average Bonchev–Trinajstić information content (AvgIpc) is 2.00. The fourth-order valence-electron chi connectivity index (χ4n) is 1.20. The Balaban J connectivity index is 2.01. The number of rotatable bonds is 6. The van der Waals surface area contributed by atoms with Gasteiger partial charge >= 0.3 is 0 Å². The lowest BCUT2D eigenvalue weighted by Gasteiger charge is -2.27. The molecule has 3 heteroatoms. The Morgan fingerprint density at radius 1 is 1.50 bits per heavy atom. The number of hydrogen-bond donors (Lipinski definition) is 1. The smallest absolute Gasteiger partial charge is 0.0930 e. The molecule has 1 rings (SSSR count). The predicted octanol–water partition coefficient (Wildman–Crippen LogP) is 0.919. The van der Waals surface area contributed by atoms with E-state index in [-0.39, 0.29) is 6.10 Å². The Bertz CT molecular complexity index is 115. The summed E-state index contributed by atoms with van der Waals surface area (Å²) in [6.07, 6.45) is 4.31. The Kier molecular flexibility index (Phi) is 4.58. The van der Waals surface area contributed by atoms with Gasteiger partial charge < -0.3 is 15.2 Å². The quantitative estimate of drug-likeness (QED) is 0.649. The monoisotopic (exact) mass is 173 g/mol. The van der Waals surface area contributed by atoms with E-state index in [1.165, 1.54) is 19.3 Å². The van der Waals surface area contributed by atoms with Gasteiger partial charge in [-0.15, -0.1) is 0 Å². The zero-order chi connectivity index (χ0) is 8.81. The van der Waals surface area contributed by atoms with E-state index >= 15 is 0 Å². The van der Waals surface area contributed by atoms with Gasteiger partial charge in [-0.3, -0.25) is 0 Å². The Labute approximate surface area is 74.2 Å². The van der Waals surface area contributed by atoms with Crippen molar-refractivity contribution >= 4 is 0 Å². The van der Waals surface area contributed by atoms with E-state index in [4.69, 9.17) is 15.2 Å². The molecule has 12 heavy (non-hydrogen) atoms. The van der Waals surface area contributed by atoms with Crippen LogP contribution in [0.1, 0.15) is 26.2 Å². The minimum atomic E-state index is 0.0931. The first-order valence-corrected chi connectivity index (χ1v) is 4.80. The van der Waals surface area contributed by atoms with Crippen LogP contribution in [0.3, 0.4) is 0 Å². The van der Waals surface area contributed by atoms with Crippen LogP contribution in [-0.4, -0.2) is 32.0 Å². The maximum atomic E-state index is 5.58. The molecule has 1 unspecified atom stereocenters. The summed E-state index contributed by atoms with van der Waals surface area (Å²) in [5.74, 6) is 0. The summed E-state index contributed by atoms with van der Waals surface area (Å²) in [4.78, 5) is 0. The van der Waals surface area contributed by atoms with Gasteiger partial charge in [-0.2, -0.15) is 0 Å². The van der Waals surface area contributed by atoms with Gasteiger partial charge in [0.15, 0.2) is 0 Å². The van der Waals surface area contributed by atoms with Gasteiger partial charge in [-0.1, -0.05) is 0 Å². The molecular formula is C9H19NO2. The van der Waals surface area contributed by atoms with Crippen LogP contribution in [0.15, 0.2) is 0 Å². The molecule has 0 bridgehead atoms. The molecule has 1 atom stereocenters. The van der Waals surface area contributed by atoms with Crippen LogP contribution in [-0.2, 0) is 9.47 Å². The van der Waals surface area contributed by atoms with Crippen molar-refractivity contribution in [1.29, 1.82) is 0 Å². The highest BCUT2D eigenvalue weighted by Crippen LogP contribution is 2.21. The van der Waals surface area contributed by atoms with Gasteiger partial charge in [-0.05, 0) is 26.2 Å². The molecule has 0 aromatic carbocycles. The van der Waals surface area contributed by atoms with E-state index in [1.807, 2.05) is 6.92 Å². The molecule has 1 aliphatic rings. The van der Waals surface area contributed by atoms with Gasteiger partial charge in [-0.25, -0.2) is 0 Å². The van der Waals surface area contributed by atoms with E-state index in [0.717, 1.165) is 6.61 Å². The highest BCUT2D eigenvalue weighted by atomic mass is 16.5. The Morgan fingerprint density at radius 3 is 2.67 bits per heavy atom. The van der Waals surface area contributed by atoms with E-state index in [1.54, 1.807) is 0 Å². The third-order valence-corrected chi connectivity index (χ3v) is 2.24. The predicted molar refractivity (Wildman–Crippen MR) is 48.1 cm³/mol. The molecule has 3 nitrogen and oxygen atoms in total. The zero-order valence-corrected chi connectivity index (χ0v) is 7.79. The lowest BCUT2D eigenvalue weighted by atomic mass is 9.96. The molecule has 72 valence electrons. The van der Waals surface area contributed by atoms with Crippen LogP contribution in [0.25, 0.3) is 0 Å². The molecule has 1 aliphatic carbocycles. The van der Waals surface area contributed by atoms with Crippen molar-refractivity contribution in [3.8, 4) is 0 Å². The topological polar surface area (TPSA) is 44.5 Å². The van der Waals surface area contributed by atoms with E-state index in [0.29, 0.717) is 19.3 Å². The molecular weight excluding hydrogens is 154 g/mol. The fourth-order valence-corrected chi connectivity index (χ4v) is 1.20. The van der Waals surface area contributed by atoms with Gasteiger partial charge in [0.05, 0.1) is 18.8 Å². The third-order valence-electron chi connectivity index (χ3n) is 2.24. The van der Waals surface area contributed by atoms with Crippen molar-refractivity contribution in [2.75, 3.05) is 19.8 Å². The van der Waals surface area contributed by atoms with Crippen molar-refractivity contribution in [1.82, 2.24) is 0 Å². The standard InChI is InChI=1S/C9H19NO2/c1-2-11-9(6-10)7-12-8-4-3-5-8/h8-9H,2-7,10H2,1H3. The summed E-state index contributed by atoms with van der Waals surface area (Å²) in [7, 11) is 0. The summed E-state index contributed by atoms with van der Waals surface area (Å²) >= 11 is 0. The molecule has 0 spiro atoms. The molecule has 1 saturated carbocycles. The summed E-state index contributed by atoms with van der Waals surface area (Å²) in [6.45, 7) is 3.91. The molecule has 0 amide bonds. The second-order valence-corrected chi connectivity index (χ2v) is 3.20. The number of ether oxygens (including phenoxy) is 2. The minimum Gasteiger partial charge on any atom is -0.375 e. The van der Waals surface area contributed by atoms with Gasteiger partial charge in [0.1, 0.15) is 0 Å². The zero-order valence-electron chi connectivity index (χ0n) is 7.79. The molecule has 0 aromatic rings. The SMILES string of the molecule is CCOC(CN)COC1CCC1. The van der Waals surface area contributed by atoms with Crippen molar-refractivity contribution in [3.63, 3.8) is 0 Å². The summed E-state index contributed by atoms with van der Waals surface area (Å²) < 4.78 is 10.9. The minimum absolute atomic E-state index is 0.0931. The first kappa shape index (κ1) is 9.96. The highest BCUT2D eigenvalue weighted by Gasteiger charge is 2.19. The largest absolute Gasteiger partial charge is 0.375 e. The summed E-state index contributed by atoms with van der Waals surface area (Å²) in [5, 5.41) is 0. The van der Waals surface area contributed by atoms with Crippen LogP contribution in [0, 0.1) is 0 Å². The van der Waals surface area contributed by atoms with Gasteiger partial charge in [0.2, 0.25) is 0 Å². The van der Waals surface area contributed by atoms with E-state index in [2.05, 4.69) is 0 Å². The molecule has 0 aliphatic heterocycles. The highest BCUT2D eigenvalue weighted by molar-refractivity contribution is 4.70. The Morgan fingerprint density at radius 2 is 2.25 bits per heavy atom. The summed E-state index contributed by atoms with van der Waals surface area (Å²) in [5.41, 5.74) is 5.50. The molecule has 0 aromatic heterocycles. The van der Waals surface area contributed by atoms with Crippen molar-refractivity contribution in [2.24, 2.45) is 5.73 Å². The van der Waals surface area contributed by atoms with E-state index in [9.17, 15) is 0 Å². The van der Waals surface area contributed by atoms with Crippen molar-refractivity contribution in [3.05, 3.63) is 0 Å². The molecule has 1 fully saturated rings. The van der Waals surface area contributed by atoms with Crippen LogP contribution < -0.4 is 5.73 Å². The number of nitrogens with two attached hydrogens (primary N) is 1. The maximum absolute atomic E-state index is 5.58. The normalized spacial score (nSPS) is 20.5. The molecule has 2 N–H and O–H groups in total. The first-order chi connectivity index (χ1) is 5.86.